The molecule has 6 heteroatoms. The number of carbonyl (C=O) groups excluding carboxylic acids is 1. The van der Waals surface area contributed by atoms with Crippen molar-refractivity contribution in [3.05, 3.63) is 18.2 Å². The van der Waals surface area contributed by atoms with Crippen molar-refractivity contribution in [1.82, 2.24) is 0 Å². The van der Waals surface area contributed by atoms with Crippen LogP contribution in [0.5, 0.6) is 11.5 Å². The Bertz CT molecular complexity index is 479. The van der Waals surface area contributed by atoms with Gasteiger partial charge in [0.15, 0.2) is 11.5 Å². The van der Waals surface area contributed by atoms with Crippen LogP contribution < -0.4 is 14.8 Å². The van der Waals surface area contributed by atoms with Crippen LogP contribution in [-0.2, 0) is 4.79 Å². The average molecular weight is 271 g/mol. The normalized spacial score (nSPS) is 21.1. The van der Waals surface area contributed by atoms with Gasteiger partial charge in [0.1, 0.15) is 0 Å². The minimum Gasteiger partial charge on any atom is -0.493 e. The smallest absolute Gasteiger partial charge is 0.387 e. The highest BCUT2D eigenvalue weighted by atomic mass is 19.3. The van der Waals surface area contributed by atoms with E-state index in [4.69, 9.17) is 4.74 Å². The van der Waals surface area contributed by atoms with Crippen LogP contribution in [0, 0.1) is 11.8 Å². The SMILES string of the molecule is COc1ccc(NC(=O)C2CC2C)cc1OC(F)F. The van der Waals surface area contributed by atoms with Crippen molar-refractivity contribution in [3.8, 4) is 11.5 Å². The minimum absolute atomic E-state index is 0.0153. The fourth-order valence-electron chi connectivity index (χ4n) is 1.86. The topological polar surface area (TPSA) is 47.6 Å². The van der Waals surface area contributed by atoms with E-state index in [1.54, 1.807) is 6.07 Å². The lowest BCUT2D eigenvalue weighted by molar-refractivity contribution is -0.117. The molecular weight excluding hydrogens is 256 g/mol. The van der Waals surface area contributed by atoms with E-state index in [-0.39, 0.29) is 23.3 Å². The first-order valence-electron chi connectivity index (χ1n) is 5.95. The van der Waals surface area contributed by atoms with Gasteiger partial charge in [-0.2, -0.15) is 8.78 Å². The average Bonchev–Trinajstić information content (AvgIpc) is 3.06. The van der Waals surface area contributed by atoms with Crippen molar-refractivity contribution >= 4 is 11.6 Å². The molecule has 0 bridgehead atoms. The number of alkyl halides is 2. The Morgan fingerprint density at radius 3 is 2.63 bits per heavy atom. The summed E-state index contributed by atoms with van der Waals surface area (Å²) >= 11 is 0. The molecule has 1 aromatic rings. The molecule has 1 aromatic carbocycles. The lowest BCUT2D eigenvalue weighted by atomic mass is 10.2. The van der Waals surface area contributed by atoms with Gasteiger partial charge >= 0.3 is 6.61 Å². The molecule has 1 N–H and O–H groups in total. The first kappa shape index (κ1) is 13.6. The standard InChI is InChI=1S/C13H15F2NO3/c1-7-5-9(7)12(17)16-8-3-4-10(18-2)11(6-8)19-13(14)15/h3-4,6-7,9,13H,5H2,1-2H3,(H,16,17). The summed E-state index contributed by atoms with van der Waals surface area (Å²) in [6.07, 6.45) is 0.863. The lowest BCUT2D eigenvalue weighted by Crippen LogP contribution is -2.14. The van der Waals surface area contributed by atoms with Crippen LogP contribution in [0.4, 0.5) is 14.5 Å². The first-order valence-corrected chi connectivity index (χ1v) is 5.95. The zero-order valence-electron chi connectivity index (χ0n) is 10.7. The predicted octanol–water partition coefficient (Wildman–Crippen LogP) is 2.89. The number of rotatable bonds is 5. The zero-order chi connectivity index (χ0) is 14.0. The summed E-state index contributed by atoms with van der Waals surface area (Å²) < 4.78 is 33.8. The van der Waals surface area contributed by atoms with Crippen molar-refractivity contribution < 1.29 is 23.0 Å². The molecule has 4 nitrogen and oxygen atoms in total. The molecule has 0 saturated heterocycles. The molecule has 1 aliphatic carbocycles. The van der Waals surface area contributed by atoms with Crippen LogP contribution in [0.2, 0.25) is 0 Å². The van der Waals surface area contributed by atoms with Crippen LogP contribution in [0.15, 0.2) is 18.2 Å². The Kier molecular flexibility index (Phi) is 3.87. The highest BCUT2D eigenvalue weighted by molar-refractivity contribution is 5.94. The maximum atomic E-state index is 12.3. The third-order valence-corrected chi connectivity index (χ3v) is 3.09. The molecule has 19 heavy (non-hydrogen) atoms. The molecule has 1 amide bonds. The Hall–Kier alpha value is -1.85. The summed E-state index contributed by atoms with van der Waals surface area (Å²) in [6, 6.07) is 4.39. The fourth-order valence-corrected chi connectivity index (χ4v) is 1.86. The molecule has 1 saturated carbocycles. The van der Waals surface area contributed by atoms with Crippen molar-refractivity contribution in [3.63, 3.8) is 0 Å². The molecule has 2 unspecified atom stereocenters. The quantitative estimate of drug-likeness (QED) is 0.895. The van der Waals surface area contributed by atoms with Crippen molar-refractivity contribution in [1.29, 1.82) is 0 Å². The fraction of sp³-hybridized carbons (Fsp3) is 0.462. The van der Waals surface area contributed by atoms with E-state index in [2.05, 4.69) is 10.1 Å². The lowest BCUT2D eigenvalue weighted by Gasteiger charge is -2.12. The largest absolute Gasteiger partial charge is 0.493 e. The number of carbonyl (C=O) groups is 1. The van der Waals surface area contributed by atoms with E-state index >= 15 is 0 Å². The van der Waals surface area contributed by atoms with Crippen molar-refractivity contribution in [2.24, 2.45) is 11.8 Å². The van der Waals surface area contributed by atoms with Gasteiger partial charge in [-0.1, -0.05) is 6.92 Å². The second-order valence-electron chi connectivity index (χ2n) is 4.55. The van der Waals surface area contributed by atoms with Crippen LogP contribution in [0.25, 0.3) is 0 Å². The Balaban J connectivity index is 2.10. The number of hydrogen-bond donors (Lipinski definition) is 1. The number of benzene rings is 1. The van der Waals surface area contributed by atoms with E-state index in [9.17, 15) is 13.6 Å². The maximum absolute atomic E-state index is 12.3. The van der Waals surface area contributed by atoms with Crippen molar-refractivity contribution in [2.75, 3.05) is 12.4 Å². The number of anilines is 1. The van der Waals surface area contributed by atoms with Gasteiger partial charge in [0, 0.05) is 17.7 Å². The number of ether oxygens (including phenoxy) is 2. The van der Waals surface area contributed by atoms with Gasteiger partial charge in [0.2, 0.25) is 5.91 Å². The number of hydrogen-bond acceptors (Lipinski definition) is 3. The summed E-state index contributed by atoms with van der Waals surface area (Å²) in [5.74, 6) is 0.398. The summed E-state index contributed by atoms with van der Waals surface area (Å²) in [4.78, 5) is 11.7. The van der Waals surface area contributed by atoms with Crippen LogP contribution >= 0.6 is 0 Å². The van der Waals surface area contributed by atoms with E-state index in [1.165, 1.54) is 19.2 Å². The van der Waals surface area contributed by atoms with Gasteiger partial charge in [0.25, 0.3) is 0 Å². The minimum atomic E-state index is -2.94. The molecule has 0 radical (unpaired) electrons. The van der Waals surface area contributed by atoms with E-state index in [0.717, 1.165) is 6.42 Å². The number of amides is 1. The molecule has 0 aromatic heterocycles. The highest BCUT2D eigenvalue weighted by Gasteiger charge is 2.39. The van der Waals surface area contributed by atoms with E-state index < -0.39 is 6.61 Å². The third kappa shape index (κ3) is 3.33. The van der Waals surface area contributed by atoms with E-state index in [1.807, 2.05) is 6.92 Å². The molecule has 0 heterocycles. The second-order valence-corrected chi connectivity index (χ2v) is 4.55. The Labute approximate surface area is 109 Å². The van der Waals surface area contributed by atoms with Gasteiger partial charge in [-0.15, -0.1) is 0 Å². The van der Waals surface area contributed by atoms with Crippen LogP contribution in [0.1, 0.15) is 13.3 Å². The number of nitrogens with one attached hydrogen (secondary N) is 1. The molecule has 104 valence electrons. The first-order chi connectivity index (χ1) is 9.01. The number of methoxy groups -OCH3 is 1. The van der Waals surface area contributed by atoms with Gasteiger partial charge in [-0.3, -0.25) is 4.79 Å². The summed E-state index contributed by atoms with van der Waals surface area (Å²) in [6.45, 7) is -0.952. The number of halogens is 2. The second kappa shape index (κ2) is 5.42. The highest BCUT2D eigenvalue weighted by Crippen LogP contribution is 2.39. The summed E-state index contributed by atoms with van der Waals surface area (Å²) in [5, 5.41) is 2.68. The predicted molar refractivity (Wildman–Crippen MR) is 65.5 cm³/mol. The Morgan fingerprint density at radius 1 is 1.42 bits per heavy atom. The van der Waals surface area contributed by atoms with Gasteiger partial charge in [-0.25, -0.2) is 0 Å². The van der Waals surface area contributed by atoms with Crippen LogP contribution in [-0.4, -0.2) is 19.6 Å². The van der Waals surface area contributed by atoms with Crippen molar-refractivity contribution in [2.45, 2.75) is 20.0 Å². The van der Waals surface area contributed by atoms with Gasteiger partial charge in [-0.05, 0) is 24.5 Å². The summed E-state index contributed by atoms with van der Waals surface area (Å²) in [7, 11) is 1.36. The zero-order valence-corrected chi connectivity index (χ0v) is 10.7. The summed E-state index contributed by atoms with van der Waals surface area (Å²) in [5.41, 5.74) is 0.417. The Morgan fingerprint density at radius 2 is 2.11 bits per heavy atom. The molecule has 0 spiro atoms. The van der Waals surface area contributed by atoms with Gasteiger partial charge < -0.3 is 14.8 Å². The molecule has 1 aliphatic rings. The van der Waals surface area contributed by atoms with E-state index in [0.29, 0.717) is 11.6 Å². The molecule has 0 aliphatic heterocycles. The molecule has 2 rings (SSSR count). The molecular formula is C13H15F2NO3. The monoisotopic (exact) mass is 271 g/mol. The third-order valence-electron chi connectivity index (χ3n) is 3.09. The molecule has 1 fully saturated rings. The molecule has 2 atom stereocenters. The van der Waals surface area contributed by atoms with Crippen LogP contribution in [0.3, 0.4) is 0 Å². The van der Waals surface area contributed by atoms with Gasteiger partial charge in [0.05, 0.1) is 7.11 Å². The maximum Gasteiger partial charge on any atom is 0.387 e.